The minimum atomic E-state index is -1.63. The van der Waals surface area contributed by atoms with Crippen molar-refractivity contribution in [1.82, 2.24) is 9.78 Å². The number of hydrogen-bond acceptors (Lipinski definition) is 3. The van der Waals surface area contributed by atoms with Crippen LogP contribution in [0.15, 0.2) is 35.5 Å². The van der Waals surface area contributed by atoms with E-state index >= 15 is 0 Å². The second-order valence-electron chi connectivity index (χ2n) is 6.11. The molecule has 0 radical (unpaired) electrons. The Morgan fingerprint density at radius 2 is 2.00 bits per heavy atom. The Balaban J connectivity index is 2.12. The lowest BCUT2D eigenvalue weighted by Crippen LogP contribution is -2.29. The molecular formula is C16H23N3OSi. The van der Waals surface area contributed by atoms with Crippen molar-refractivity contribution in [2.45, 2.75) is 33.0 Å². The van der Waals surface area contributed by atoms with E-state index in [0.717, 1.165) is 23.6 Å². The maximum Gasteiger partial charge on any atom is 0.242 e. The molecule has 0 spiro atoms. The molecular weight excluding hydrogens is 278 g/mol. The molecule has 0 saturated heterocycles. The molecule has 0 unspecified atom stereocenters. The first-order chi connectivity index (χ1) is 9.85. The van der Waals surface area contributed by atoms with Crippen LogP contribution in [0.4, 0.5) is 5.69 Å². The van der Waals surface area contributed by atoms with Crippen molar-refractivity contribution in [2.24, 2.45) is 12.0 Å². The Morgan fingerprint density at radius 3 is 2.62 bits per heavy atom. The molecule has 0 aliphatic carbocycles. The van der Waals surface area contributed by atoms with Gasteiger partial charge in [0.2, 0.25) is 8.32 Å². The minimum absolute atomic E-state index is 0.779. The van der Waals surface area contributed by atoms with Gasteiger partial charge in [0.25, 0.3) is 0 Å². The minimum Gasteiger partial charge on any atom is -0.543 e. The molecule has 0 amide bonds. The van der Waals surface area contributed by atoms with Gasteiger partial charge in [-0.05, 0) is 44.3 Å². The first-order valence-corrected chi connectivity index (χ1v) is 10.6. The highest BCUT2D eigenvalue weighted by Crippen LogP contribution is 2.28. The molecule has 0 saturated carbocycles. The average molecular weight is 301 g/mol. The van der Waals surface area contributed by atoms with E-state index in [0.29, 0.717) is 0 Å². The molecule has 1 aromatic heterocycles. The molecule has 1 aromatic carbocycles. The van der Waals surface area contributed by atoms with E-state index in [-0.39, 0.29) is 0 Å². The molecule has 4 nitrogen and oxygen atoms in total. The molecule has 21 heavy (non-hydrogen) atoms. The number of benzene rings is 1. The molecule has 2 aromatic rings. The summed E-state index contributed by atoms with van der Waals surface area (Å²) in [5.41, 5.74) is 3.14. The van der Waals surface area contributed by atoms with Crippen LogP contribution < -0.4 is 4.43 Å². The zero-order chi connectivity index (χ0) is 15.5. The third-order valence-corrected chi connectivity index (χ3v) is 3.77. The predicted octanol–water partition coefficient (Wildman–Crippen LogP) is 3.89. The zero-order valence-corrected chi connectivity index (χ0v) is 14.4. The van der Waals surface area contributed by atoms with Crippen LogP contribution in [0.1, 0.15) is 11.3 Å². The van der Waals surface area contributed by atoms with Gasteiger partial charge < -0.3 is 4.43 Å². The molecule has 1 heterocycles. The standard InChI is InChI=1S/C16H23N3OSi/c1-13-14(12-19(2)18-13)10-11-17-15-8-6-7-9-16(15)20-21(3,4)5/h6-9,11-12H,10H2,1-5H3. The van der Waals surface area contributed by atoms with Gasteiger partial charge in [-0.3, -0.25) is 9.67 Å². The van der Waals surface area contributed by atoms with Crippen molar-refractivity contribution < 1.29 is 4.43 Å². The monoisotopic (exact) mass is 301 g/mol. The lowest BCUT2D eigenvalue weighted by atomic mass is 10.2. The van der Waals surface area contributed by atoms with E-state index in [1.54, 1.807) is 0 Å². The molecule has 2 rings (SSSR count). The zero-order valence-electron chi connectivity index (χ0n) is 13.4. The van der Waals surface area contributed by atoms with Gasteiger partial charge in [0.15, 0.2) is 0 Å². The fourth-order valence-corrected chi connectivity index (χ4v) is 2.90. The number of para-hydroxylation sites is 2. The van der Waals surface area contributed by atoms with Crippen LogP contribution in [0.25, 0.3) is 0 Å². The summed E-state index contributed by atoms with van der Waals surface area (Å²) in [6.07, 6.45) is 4.74. The number of hydrogen-bond donors (Lipinski definition) is 0. The van der Waals surface area contributed by atoms with Crippen molar-refractivity contribution in [3.63, 3.8) is 0 Å². The summed E-state index contributed by atoms with van der Waals surface area (Å²) in [6, 6.07) is 7.95. The van der Waals surface area contributed by atoms with Gasteiger partial charge in [0.05, 0.1) is 5.69 Å². The molecule has 5 heteroatoms. The van der Waals surface area contributed by atoms with Crippen LogP contribution in [0.2, 0.25) is 19.6 Å². The smallest absolute Gasteiger partial charge is 0.242 e. The quantitative estimate of drug-likeness (QED) is 0.621. The van der Waals surface area contributed by atoms with Crippen LogP contribution in [0.5, 0.6) is 5.75 Å². The summed E-state index contributed by atoms with van der Waals surface area (Å²) in [5, 5.41) is 4.34. The van der Waals surface area contributed by atoms with Gasteiger partial charge >= 0.3 is 0 Å². The highest BCUT2D eigenvalue weighted by molar-refractivity contribution is 6.70. The third kappa shape index (κ3) is 4.56. The van der Waals surface area contributed by atoms with E-state index < -0.39 is 8.32 Å². The Kier molecular flexibility index (Phi) is 4.62. The second kappa shape index (κ2) is 6.26. The van der Waals surface area contributed by atoms with Gasteiger partial charge in [0.1, 0.15) is 11.4 Å². The maximum absolute atomic E-state index is 6.07. The second-order valence-corrected chi connectivity index (χ2v) is 10.5. The lowest BCUT2D eigenvalue weighted by Gasteiger charge is -2.20. The summed E-state index contributed by atoms with van der Waals surface area (Å²) in [6.45, 7) is 8.54. The molecule has 0 N–H and O–H groups in total. The highest BCUT2D eigenvalue weighted by atomic mass is 28.4. The van der Waals surface area contributed by atoms with Crippen molar-refractivity contribution in [1.29, 1.82) is 0 Å². The first-order valence-electron chi connectivity index (χ1n) is 7.15. The van der Waals surface area contributed by atoms with Crippen molar-refractivity contribution in [3.05, 3.63) is 41.7 Å². The largest absolute Gasteiger partial charge is 0.543 e. The number of rotatable bonds is 5. The van der Waals surface area contributed by atoms with Crippen molar-refractivity contribution in [2.75, 3.05) is 0 Å². The molecule has 0 fully saturated rings. The van der Waals surface area contributed by atoms with E-state index in [9.17, 15) is 0 Å². The van der Waals surface area contributed by atoms with Crippen molar-refractivity contribution in [3.8, 4) is 5.75 Å². The van der Waals surface area contributed by atoms with Crippen molar-refractivity contribution >= 4 is 20.2 Å². The summed E-state index contributed by atoms with van der Waals surface area (Å²) in [5.74, 6) is 0.871. The average Bonchev–Trinajstić information content (AvgIpc) is 2.68. The molecule has 0 atom stereocenters. The van der Waals surface area contributed by atoms with Crippen LogP contribution in [-0.4, -0.2) is 24.3 Å². The van der Waals surface area contributed by atoms with Gasteiger partial charge in [0, 0.05) is 25.9 Å². The predicted molar refractivity (Wildman–Crippen MR) is 90.2 cm³/mol. The third-order valence-electron chi connectivity index (χ3n) is 2.94. The van der Waals surface area contributed by atoms with Crippen LogP contribution in [0, 0.1) is 6.92 Å². The Labute approximate surface area is 127 Å². The Morgan fingerprint density at radius 1 is 1.29 bits per heavy atom. The van der Waals surface area contributed by atoms with Gasteiger partial charge in [-0.25, -0.2) is 0 Å². The molecule has 0 aliphatic rings. The van der Waals surface area contributed by atoms with Crippen LogP contribution in [0.3, 0.4) is 0 Å². The van der Waals surface area contributed by atoms with E-state index in [4.69, 9.17) is 4.43 Å². The normalized spacial score (nSPS) is 12.0. The number of nitrogens with zero attached hydrogens (tertiary/aromatic N) is 3. The van der Waals surface area contributed by atoms with E-state index in [1.165, 1.54) is 5.56 Å². The Hall–Kier alpha value is -1.88. The van der Waals surface area contributed by atoms with Gasteiger partial charge in [-0.2, -0.15) is 5.10 Å². The molecule has 0 aliphatic heterocycles. The van der Waals surface area contributed by atoms with E-state index in [2.05, 4.69) is 29.7 Å². The first kappa shape index (κ1) is 15.5. The summed E-state index contributed by atoms with van der Waals surface area (Å²) in [7, 11) is 0.310. The SMILES string of the molecule is Cc1nn(C)cc1CC=Nc1ccccc1O[Si](C)(C)C. The maximum atomic E-state index is 6.07. The fraction of sp³-hybridized carbons (Fsp3) is 0.375. The summed E-state index contributed by atoms with van der Waals surface area (Å²) >= 11 is 0. The van der Waals surface area contributed by atoms with Crippen LogP contribution >= 0.6 is 0 Å². The lowest BCUT2D eigenvalue weighted by molar-refractivity contribution is 0.559. The van der Waals surface area contributed by atoms with Gasteiger partial charge in [-0.1, -0.05) is 12.1 Å². The molecule has 112 valence electrons. The van der Waals surface area contributed by atoms with Crippen LogP contribution in [-0.2, 0) is 13.5 Å². The van der Waals surface area contributed by atoms with E-state index in [1.807, 2.05) is 55.3 Å². The Bertz CT molecular complexity index is 641. The molecule has 0 bridgehead atoms. The summed E-state index contributed by atoms with van der Waals surface area (Å²) < 4.78 is 7.91. The summed E-state index contributed by atoms with van der Waals surface area (Å²) in [4.78, 5) is 4.57. The number of aliphatic imine (C=N–C) groups is 1. The fourth-order valence-electron chi connectivity index (χ4n) is 2.07. The topological polar surface area (TPSA) is 39.4 Å². The van der Waals surface area contributed by atoms with Gasteiger partial charge in [-0.15, -0.1) is 0 Å². The highest BCUT2D eigenvalue weighted by Gasteiger charge is 2.17. The number of aromatic nitrogens is 2. The number of aryl methyl sites for hydroxylation is 2.